The number of rotatable bonds is 5. The second-order valence-corrected chi connectivity index (χ2v) is 4.17. The fourth-order valence-electron chi connectivity index (χ4n) is 0.780. The third-order valence-corrected chi connectivity index (χ3v) is 2.74. The zero-order chi connectivity index (χ0) is 10.6. The highest BCUT2D eigenvalue weighted by Crippen LogP contribution is 2.07. The summed E-state index contributed by atoms with van der Waals surface area (Å²) in [4.78, 5) is 10.1. The van der Waals surface area contributed by atoms with Gasteiger partial charge in [-0.25, -0.2) is 13.1 Å². The van der Waals surface area contributed by atoms with Crippen molar-refractivity contribution in [3.63, 3.8) is 0 Å². The standard InChI is InChI=1S/C7H9NO5S/c9-6(10)3-4-8-14(11,12)7-2-1-5-13-7/h1-2,5,8H,3-4H2,(H,9,10). The number of hydrogen-bond acceptors (Lipinski definition) is 4. The molecule has 1 aromatic heterocycles. The van der Waals surface area contributed by atoms with Gasteiger partial charge in [-0.15, -0.1) is 0 Å². The molecule has 0 amide bonds. The lowest BCUT2D eigenvalue weighted by Gasteiger charge is -2.00. The number of nitrogens with one attached hydrogen (secondary N) is 1. The lowest BCUT2D eigenvalue weighted by Crippen LogP contribution is -2.25. The molecule has 0 aliphatic heterocycles. The van der Waals surface area contributed by atoms with Crippen molar-refractivity contribution >= 4 is 16.0 Å². The smallest absolute Gasteiger partial charge is 0.304 e. The van der Waals surface area contributed by atoms with Gasteiger partial charge in [-0.3, -0.25) is 4.79 Å². The van der Waals surface area contributed by atoms with Gasteiger partial charge in [-0.1, -0.05) is 0 Å². The summed E-state index contributed by atoms with van der Waals surface area (Å²) in [5.41, 5.74) is 0. The Morgan fingerprint density at radius 1 is 1.57 bits per heavy atom. The topological polar surface area (TPSA) is 96.6 Å². The first-order valence-corrected chi connectivity index (χ1v) is 5.25. The minimum absolute atomic E-state index is 0.154. The number of hydrogen-bond donors (Lipinski definition) is 2. The van der Waals surface area contributed by atoms with Gasteiger partial charge in [-0.2, -0.15) is 0 Å². The molecule has 2 N–H and O–H groups in total. The molecular weight excluding hydrogens is 210 g/mol. The number of carboxylic acids is 1. The van der Waals surface area contributed by atoms with Crippen molar-refractivity contribution in [2.24, 2.45) is 0 Å². The molecule has 0 aliphatic carbocycles. The second-order valence-electron chi connectivity index (χ2n) is 2.47. The Morgan fingerprint density at radius 3 is 2.79 bits per heavy atom. The number of sulfonamides is 1. The van der Waals surface area contributed by atoms with Crippen molar-refractivity contribution in [3.8, 4) is 0 Å². The zero-order valence-corrected chi connectivity index (χ0v) is 7.95. The average molecular weight is 219 g/mol. The second kappa shape index (κ2) is 4.25. The summed E-state index contributed by atoms with van der Waals surface area (Å²) in [7, 11) is -3.69. The van der Waals surface area contributed by atoms with Crippen molar-refractivity contribution in [2.75, 3.05) is 6.54 Å². The first-order chi connectivity index (χ1) is 6.52. The monoisotopic (exact) mass is 219 g/mol. The maximum Gasteiger partial charge on any atom is 0.304 e. The molecule has 1 heterocycles. The highest BCUT2D eigenvalue weighted by atomic mass is 32.2. The van der Waals surface area contributed by atoms with Crippen LogP contribution >= 0.6 is 0 Å². The largest absolute Gasteiger partial charge is 0.481 e. The Bertz CT molecular complexity index is 394. The summed E-state index contributed by atoms with van der Waals surface area (Å²) >= 11 is 0. The maximum atomic E-state index is 11.3. The molecule has 14 heavy (non-hydrogen) atoms. The molecule has 0 bridgehead atoms. The average Bonchev–Trinajstić information content (AvgIpc) is 2.54. The van der Waals surface area contributed by atoms with Gasteiger partial charge in [-0.05, 0) is 12.1 Å². The number of furan rings is 1. The van der Waals surface area contributed by atoms with Crippen molar-refractivity contribution in [1.82, 2.24) is 4.72 Å². The minimum atomic E-state index is -3.69. The van der Waals surface area contributed by atoms with Crippen molar-refractivity contribution in [1.29, 1.82) is 0 Å². The third-order valence-electron chi connectivity index (χ3n) is 1.39. The molecule has 0 spiro atoms. The van der Waals surface area contributed by atoms with Gasteiger partial charge in [0.15, 0.2) is 0 Å². The molecular formula is C7H9NO5S. The Kier molecular flexibility index (Phi) is 3.26. The summed E-state index contributed by atoms with van der Waals surface area (Å²) < 4.78 is 29.3. The normalized spacial score (nSPS) is 11.4. The molecule has 0 aromatic carbocycles. The Hall–Kier alpha value is -1.34. The van der Waals surface area contributed by atoms with Crippen LogP contribution < -0.4 is 4.72 Å². The molecule has 78 valence electrons. The predicted octanol–water partition coefficient (Wildman–Crippen LogP) is 0.0326. The van der Waals surface area contributed by atoms with Gasteiger partial charge in [0.1, 0.15) is 0 Å². The van der Waals surface area contributed by atoms with Crippen LogP contribution in [0.15, 0.2) is 27.9 Å². The predicted molar refractivity (Wildman–Crippen MR) is 46.1 cm³/mol. The van der Waals surface area contributed by atoms with Crippen LogP contribution in [0, 0.1) is 0 Å². The summed E-state index contributed by atoms with van der Waals surface area (Å²) in [6.45, 7) is -0.154. The molecule has 0 aliphatic rings. The van der Waals surface area contributed by atoms with E-state index in [1.165, 1.54) is 18.4 Å². The van der Waals surface area contributed by atoms with Crippen LogP contribution in [0.5, 0.6) is 0 Å². The van der Waals surface area contributed by atoms with Crippen molar-refractivity contribution in [2.45, 2.75) is 11.5 Å². The lowest BCUT2D eigenvalue weighted by atomic mass is 10.5. The van der Waals surface area contributed by atoms with E-state index in [-0.39, 0.29) is 18.1 Å². The minimum Gasteiger partial charge on any atom is -0.481 e. The Morgan fingerprint density at radius 2 is 2.29 bits per heavy atom. The van der Waals surface area contributed by atoms with E-state index in [4.69, 9.17) is 5.11 Å². The zero-order valence-electron chi connectivity index (χ0n) is 7.13. The van der Waals surface area contributed by atoms with E-state index in [9.17, 15) is 13.2 Å². The number of carboxylic acid groups (broad SMARTS) is 1. The fourth-order valence-corrected chi connectivity index (χ4v) is 1.73. The first kappa shape index (κ1) is 10.7. The first-order valence-electron chi connectivity index (χ1n) is 3.77. The number of carbonyl (C=O) groups is 1. The van der Waals surface area contributed by atoms with E-state index < -0.39 is 16.0 Å². The van der Waals surface area contributed by atoms with E-state index in [1.807, 2.05) is 0 Å². The summed E-state index contributed by atoms with van der Waals surface area (Å²) in [6, 6.07) is 2.72. The lowest BCUT2D eigenvalue weighted by molar-refractivity contribution is -0.136. The van der Waals surface area contributed by atoms with Gasteiger partial charge in [0.25, 0.3) is 10.0 Å². The van der Waals surface area contributed by atoms with Crippen LogP contribution in [0.3, 0.4) is 0 Å². The van der Waals surface area contributed by atoms with Crippen LogP contribution in [0.4, 0.5) is 0 Å². The molecule has 0 atom stereocenters. The summed E-state index contributed by atoms with van der Waals surface area (Å²) in [6.07, 6.45) is 0.964. The van der Waals surface area contributed by atoms with E-state index in [1.54, 1.807) is 0 Å². The fraction of sp³-hybridized carbons (Fsp3) is 0.286. The molecule has 0 fully saturated rings. The molecule has 0 unspecified atom stereocenters. The molecule has 7 heteroatoms. The van der Waals surface area contributed by atoms with Crippen LogP contribution in [-0.2, 0) is 14.8 Å². The maximum absolute atomic E-state index is 11.3. The molecule has 0 saturated heterocycles. The Labute approximate surface area is 80.6 Å². The summed E-state index contributed by atoms with van der Waals surface area (Å²) in [5, 5.41) is 8.06. The number of aliphatic carboxylic acids is 1. The van der Waals surface area contributed by atoms with Gasteiger partial charge in [0.2, 0.25) is 5.09 Å². The van der Waals surface area contributed by atoms with Gasteiger partial charge in [0, 0.05) is 6.54 Å². The van der Waals surface area contributed by atoms with Crippen LogP contribution in [0.1, 0.15) is 6.42 Å². The summed E-state index contributed by atoms with van der Waals surface area (Å²) in [5.74, 6) is -1.06. The van der Waals surface area contributed by atoms with Gasteiger partial charge >= 0.3 is 5.97 Å². The third kappa shape index (κ3) is 2.86. The molecule has 1 rings (SSSR count). The molecule has 0 saturated carbocycles. The van der Waals surface area contributed by atoms with Crippen LogP contribution in [-0.4, -0.2) is 26.0 Å². The van der Waals surface area contributed by atoms with E-state index in [0.29, 0.717) is 0 Å². The van der Waals surface area contributed by atoms with E-state index in [2.05, 4.69) is 9.14 Å². The van der Waals surface area contributed by atoms with E-state index >= 15 is 0 Å². The van der Waals surface area contributed by atoms with Gasteiger partial charge in [0.05, 0.1) is 12.7 Å². The van der Waals surface area contributed by atoms with Crippen LogP contribution in [0.2, 0.25) is 0 Å². The van der Waals surface area contributed by atoms with E-state index in [0.717, 1.165) is 0 Å². The molecule has 0 radical (unpaired) electrons. The molecule has 1 aromatic rings. The van der Waals surface area contributed by atoms with Crippen LogP contribution in [0.25, 0.3) is 0 Å². The highest BCUT2D eigenvalue weighted by molar-refractivity contribution is 7.89. The Balaban J connectivity index is 2.56. The highest BCUT2D eigenvalue weighted by Gasteiger charge is 2.16. The van der Waals surface area contributed by atoms with Crippen molar-refractivity contribution in [3.05, 3.63) is 18.4 Å². The molecule has 6 nitrogen and oxygen atoms in total. The SMILES string of the molecule is O=C(O)CCNS(=O)(=O)c1ccco1. The quantitative estimate of drug-likeness (QED) is 0.728. The van der Waals surface area contributed by atoms with Gasteiger partial charge < -0.3 is 9.52 Å². The van der Waals surface area contributed by atoms with Crippen molar-refractivity contribution < 1.29 is 22.7 Å².